The van der Waals surface area contributed by atoms with Crippen LogP contribution in [-0.2, 0) is 4.79 Å². The van der Waals surface area contributed by atoms with E-state index in [1.165, 1.54) is 12.1 Å². The van der Waals surface area contributed by atoms with Crippen molar-refractivity contribution in [2.45, 2.75) is 17.9 Å². The van der Waals surface area contributed by atoms with Crippen molar-refractivity contribution in [2.24, 2.45) is 5.92 Å². The number of carbonyl (C=O) groups excluding carboxylic acids is 1. The maximum Gasteiger partial charge on any atom is 0.227 e. The summed E-state index contributed by atoms with van der Waals surface area (Å²) in [7, 11) is 0. The minimum Gasteiger partial charge on any atom is -0.355 e. The molecule has 0 saturated carbocycles. The van der Waals surface area contributed by atoms with E-state index in [2.05, 4.69) is 20.4 Å². The first-order chi connectivity index (χ1) is 11.7. The lowest BCUT2D eigenvalue weighted by Gasteiger charge is -2.31. The predicted octanol–water partition coefficient (Wildman–Crippen LogP) is 3.19. The van der Waals surface area contributed by atoms with Crippen LogP contribution in [0.4, 0.5) is 15.9 Å². The van der Waals surface area contributed by atoms with Gasteiger partial charge in [-0.3, -0.25) is 4.79 Å². The number of aromatic nitrogens is 2. The van der Waals surface area contributed by atoms with Crippen molar-refractivity contribution >= 4 is 29.2 Å². The monoisotopic (exact) mass is 346 g/mol. The number of piperidine rings is 1. The normalized spacial score (nSPS) is 15.3. The molecule has 126 valence electrons. The standard InChI is InChI=1S/C17H19FN4OS/c1-24-16-6-5-15(20-21-16)22-9-7-12(8-10-22)17(23)19-14-4-2-3-13(18)11-14/h2-6,11-12H,7-10H2,1H3,(H,19,23). The van der Waals surface area contributed by atoms with Crippen LogP contribution in [0.25, 0.3) is 0 Å². The molecule has 1 aromatic heterocycles. The Labute approximate surface area is 144 Å². The first-order valence-corrected chi connectivity index (χ1v) is 9.07. The number of hydrogen-bond donors (Lipinski definition) is 1. The van der Waals surface area contributed by atoms with Crippen molar-refractivity contribution in [3.05, 3.63) is 42.2 Å². The average Bonchev–Trinajstić information content (AvgIpc) is 2.62. The van der Waals surface area contributed by atoms with Gasteiger partial charge in [-0.15, -0.1) is 22.0 Å². The third-order valence-electron chi connectivity index (χ3n) is 4.12. The molecule has 7 heteroatoms. The summed E-state index contributed by atoms with van der Waals surface area (Å²) in [6.45, 7) is 1.52. The largest absolute Gasteiger partial charge is 0.355 e. The SMILES string of the molecule is CSc1ccc(N2CCC(C(=O)Nc3cccc(F)c3)CC2)nn1. The summed E-state index contributed by atoms with van der Waals surface area (Å²) in [4.78, 5) is 14.5. The van der Waals surface area contributed by atoms with Crippen LogP contribution in [0.5, 0.6) is 0 Å². The Morgan fingerprint density at radius 2 is 2.04 bits per heavy atom. The second kappa shape index (κ2) is 7.61. The number of nitrogens with zero attached hydrogens (tertiary/aromatic N) is 3. The summed E-state index contributed by atoms with van der Waals surface area (Å²) < 4.78 is 13.2. The van der Waals surface area contributed by atoms with E-state index in [0.717, 1.165) is 36.8 Å². The highest BCUT2D eigenvalue weighted by molar-refractivity contribution is 7.98. The quantitative estimate of drug-likeness (QED) is 0.862. The topological polar surface area (TPSA) is 58.1 Å². The number of benzene rings is 1. The summed E-state index contributed by atoms with van der Waals surface area (Å²) in [5.41, 5.74) is 0.501. The summed E-state index contributed by atoms with van der Waals surface area (Å²) in [6.07, 6.45) is 3.45. The molecule has 2 heterocycles. The smallest absolute Gasteiger partial charge is 0.227 e. The Balaban J connectivity index is 1.55. The molecule has 0 spiro atoms. The lowest BCUT2D eigenvalue weighted by Crippen LogP contribution is -2.38. The van der Waals surface area contributed by atoms with Crippen molar-refractivity contribution in [3.63, 3.8) is 0 Å². The summed E-state index contributed by atoms with van der Waals surface area (Å²) in [5, 5.41) is 12.1. The molecule has 0 atom stereocenters. The van der Waals surface area contributed by atoms with Gasteiger partial charge in [0.25, 0.3) is 0 Å². The van der Waals surface area contributed by atoms with Crippen LogP contribution in [0.2, 0.25) is 0 Å². The number of amides is 1. The third-order valence-corrected chi connectivity index (χ3v) is 4.75. The second-order valence-electron chi connectivity index (χ2n) is 5.69. The van der Waals surface area contributed by atoms with Gasteiger partial charge >= 0.3 is 0 Å². The Morgan fingerprint density at radius 3 is 2.67 bits per heavy atom. The van der Waals surface area contributed by atoms with Crippen molar-refractivity contribution in [2.75, 3.05) is 29.6 Å². The molecular formula is C17H19FN4OS. The van der Waals surface area contributed by atoms with E-state index in [4.69, 9.17) is 0 Å². The van der Waals surface area contributed by atoms with Crippen molar-refractivity contribution in [1.82, 2.24) is 10.2 Å². The molecule has 5 nitrogen and oxygen atoms in total. The molecular weight excluding hydrogens is 327 g/mol. The van der Waals surface area contributed by atoms with Crippen LogP contribution in [0.15, 0.2) is 41.4 Å². The van der Waals surface area contributed by atoms with Gasteiger partial charge in [0.15, 0.2) is 5.82 Å². The van der Waals surface area contributed by atoms with E-state index >= 15 is 0 Å². The molecule has 1 N–H and O–H groups in total. The van der Waals surface area contributed by atoms with Crippen LogP contribution in [0, 0.1) is 11.7 Å². The van der Waals surface area contributed by atoms with Gasteiger partial charge in [0.1, 0.15) is 10.8 Å². The molecule has 0 bridgehead atoms. The molecule has 1 aliphatic heterocycles. The molecule has 24 heavy (non-hydrogen) atoms. The van der Waals surface area contributed by atoms with E-state index in [0.29, 0.717) is 5.69 Å². The lowest BCUT2D eigenvalue weighted by molar-refractivity contribution is -0.120. The maximum absolute atomic E-state index is 13.2. The van der Waals surface area contributed by atoms with Crippen LogP contribution in [0.1, 0.15) is 12.8 Å². The zero-order valence-corrected chi connectivity index (χ0v) is 14.2. The second-order valence-corrected chi connectivity index (χ2v) is 6.52. The molecule has 0 unspecified atom stereocenters. The highest BCUT2D eigenvalue weighted by Crippen LogP contribution is 2.23. The maximum atomic E-state index is 13.2. The minimum absolute atomic E-state index is 0.0518. The van der Waals surface area contributed by atoms with Crippen LogP contribution >= 0.6 is 11.8 Å². The van der Waals surface area contributed by atoms with Gasteiger partial charge in [0, 0.05) is 24.7 Å². The summed E-state index contributed by atoms with van der Waals surface area (Å²) in [5.74, 6) is 0.374. The molecule has 2 aromatic rings. The zero-order valence-electron chi connectivity index (χ0n) is 13.4. The molecule has 1 saturated heterocycles. The fourth-order valence-electron chi connectivity index (χ4n) is 2.77. The summed E-state index contributed by atoms with van der Waals surface area (Å²) >= 11 is 1.56. The van der Waals surface area contributed by atoms with Crippen LogP contribution in [0.3, 0.4) is 0 Å². The molecule has 1 amide bonds. The van der Waals surface area contributed by atoms with Gasteiger partial charge in [-0.1, -0.05) is 6.07 Å². The van der Waals surface area contributed by atoms with E-state index in [-0.39, 0.29) is 17.6 Å². The molecule has 1 aliphatic rings. The zero-order chi connectivity index (χ0) is 16.9. The number of nitrogens with one attached hydrogen (secondary N) is 1. The first-order valence-electron chi connectivity index (χ1n) is 7.85. The van der Waals surface area contributed by atoms with Gasteiger partial charge < -0.3 is 10.2 Å². The van der Waals surface area contributed by atoms with Gasteiger partial charge in [-0.05, 0) is 49.4 Å². The Morgan fingerprint density at radius 1 is 1.25 bits per heavy atom. The highest BCUT2D eigenvalue weighted by Gasteiger charge is 2.25. The van der Waals surface area contributed by atoms with Gasteiger partial charge in [0.05, 0.1) is 0 Å². The van der Waals surface area contributed by atoms with Crippen molar-refractivity contribution < 1.29 is 9.18 Å². The molecule has 3 rings (SSSR count). The number of carbonyl (C=O) groups is 1. The molecule has 0 aliphatic carbocycles. The fraction of sp³-hybridized carbons (Fsp3) is 0.353. The van der Waals surface area contributed by atoms with Crippen molar-refractivity contribution in [3.8, 4) is 0 Å². The van der Waals surface area contributed by atoms with Crippen LogP contribution in [-0.4, -0.2) is 35.4 Å². The third kappa shape index (κ3) is 4.03. The summed E-state index contributed by atoms with van der Waals surface area (Å²) in [6, 6.07) is 9.89. The molecule has 1 fully saturated rings. The number of rotatable bonds is 4. The van der Waals surface area contributed by atoms with E-state index in [1.807, 2.05) is 18.4 Å². The minimum atomic E-state index is -0.352. The molecule has 1 aromatic carbocycles. The number of thioether (sulfide) groups is 1. The van der Waals surface area contributed by atoms with Gasteiger partial charge in [-0.2, -0.15) is 0 Å². The van der Waals surface area contributed by atoms with E-state index < -0.39 is 0 Å². The number of halogens is 1. The fourth-order valence-corrected chi connectivity index (χ4v) is 3.10. The average molecular weight is 346 g/mol. The van der Waals surface area contributed by atoms with Crippen molar-refractivity contribution in [1.29, 1.82) is 0 Å². The van der Waals surface area contributed by atoms with Gasteiger partial charge in [-0.25, -0.2) is 4.39 Å². The Kier molecular flexibility index (Phi) is 5.30. The lowest BCUT2D eigenvalue weighted by atomic mass is 9.96. The Hall–Kier alpha value is -2.15. The highest BCUT2D eigenvalue weighted by atomic mass is 32.2. The van der Waals surface area contributed by atoms with E-state index in [9.17, 15) is 9.18 Å². The Bertz CT molecular complexity index is 702. The molecule has 0 radical (unpaired) electrons. The van der Waals surface area contributed by atoms with E-state index in [1.54, 1.807) is 23.9 Å². The van der Waals surface area contributed by atoms with Crippen LogP contribution < -0.4 is 10.2 Å². The number of hydrogen-bond acceptors (Lipinski definition) is 5. The first kappa shape index (κ1) is 16.7. The number of anilines is 2. The van der Waals surface area contributed by atoms with Gasteiger partial charge in [0.2, 0.25) is 5.91 Å². The predicted molar refractivity (Wildman–Crippen MR) is 93.8 cm³/mol.